The van der Waals surface area contributed by atoms with E-state index in [1.54, 1.807) is 7.11 Å². The monoisotopic (exact) mass is 129 g/mol. The minimum atomic E-state index is -0.0278. The standard InChI is InChI=1S/C7H15NO/c1-7(5-8,9-2)6-3-4-6/h6H,3-5,8H2,1-2H3. The van der Waals surface area contributed by atoms with Gasteiger partial charge in [-0.15, -0.1) is 0 Å². The van der Waals surface area contributed by atoms with E-state index in [-0.39, 0.29) is 5.60 Å². The van der Waals surface area contributed by atoms with Crippen LogP contribution in [0.3, 0.4) is 0 Å². The lowest BCUT2D eigenvalue weighted by atomic mass is 10.0. The molecule has 0 spiro atoms. The highest BCUT2D eigenvalue weighted by atomic mass is 16.5. The Morgan fingerprint density at radius 1 is 1.67 bits per heavy atom. The molecule has 0 radical (unpaired) electrons. The number of hydrogen-bond acceptors (Lipinski definition) is 2. The molecular formula is C7H15NO. The van der Waals surface area contributed by atoms with Gasteiger partial charge in [0.15, 0.2) is 0 Å². The van der Waals surface area contributed by atoms with Crippen LogP contribution in [0.25, 0.3) is 0 Å². The third-order valence-electron chi connectivity index (χ3n) is 2.31. The van der Waals surface area contributed by atoms with Crippen LogP contribution in [0.1, 0.15) is 19.8 Å². The Morgan fingerprint density at radius 3 is 2.33 bits per heavy atom. The van der Waals surface area contributed by atoms with Crippen LogP contribution < -0.4 is 5.73 Å². The molecule has 1 aliphatic rings. The van der Waals surface area contributed by atoms with Crippen LogP contribution in [0.4, 0.5) is 0 Å². The third kappa shape index (κ3) is 1.25. The third-order valence-corrected chi connectivity index (χ3v) is 2.31. The van der Waals surface area contributed by atoms with Crippen molar-refractivity contribution < 1.29 is 4.74 Å². The van der Waals surface area contributed by atoms with Crippen LogP contribution in [-0.4, -0.2) is 19.3 Å². The van der Waals surface area contributed by atoms with Gasteiger partial charge in [0.2, 0.25) is 0 Å². The maximum absolute atomic E-state index is 5.53. The Balaban J connectivity index is 2.43. The quantitative estimate of drug-likeness (QED) is 0.610. The van der Waals surface area contributed by atoms with Crippen LogP contribution in [0.5, 0.6) is 0 Å². The Hall–Kier alpha value is -0.0800. The minimum Gasteiger partial charge on any atom is -0.377 e. The lowest BCUT2D eigenvalue weighted by Crippen LogP contribution is -2.38. The highest BCUT2D eigenvalue weighted by molar-refractivity contribution is 4.93. The highest BCUT2D eigenvalue weighted by Gasteiger charge is 2.40. The smallest absolute Gasteiger partial charge is 0.0800 e. The summed E-state index contributed by atoms with van der Waals surface area (Å²) in [5, 5.41) is 0. The second-order valence-electron chi connectivity index (χ2n) is 3.00. The van der Waals surface area contributed by atoms with Gasteiger partial charge in [-0.3, -0.25) is 0 Å². The van der Waals surface area contributed by atoms with Gasteiger partial charge < -0.3 is 10.5 Å². The summed E-state index contributed by atoms with van der Waals surface area (Å²) in [7, 11) is 1.74. The van der Waals surface area contributed by atoms with Crippen molar-refractivity contribution >= 4 is 0 Å². The summed E-state index contributed by atoms with van der Waals surface area (Å²) in [6, 6.07) is 0. The highest BCUT2D eigenvalue weighted by Crippen LogP contribution is 2.40. The fourth-order valence-electron chi connectivity index (χ4n) is 1.11. The first-order valence-electron chi connectivity index (χ1n) is 3.48. The minimum absolute atomic E-state index is 0.0278. The molecule has 2 N–H and O–H groups in total. The van der Waals surface area contributed by atoms with Gasteiger partial charge >= 0.3 is 0 Å². The molecule has 0 bridgehead atoms. The number of rotatable bonds is 3. The average molecular weight is 129 g/mol. The van der Waals surface area contributed by atoms with Crippen molar-refractivity contribution in [3.05, 3.63) is 0 Å². The van der Waals surface area contributed by atoms with E-state index < -0.39 is 0 Å². The van der Waals surface area contributed by atoms with Gasteiger partial charge in [-0.2, -0.15) is 0 Å². The molecule has 1 aliphatic carbocycles. The van der Waals surface area contributed by atoms with Gasteiger partial charge in [-0.25, -0.2) is 0 Å². The molecule has 0 saturated heterocycles. The van der Waals surface area contributed by atoms with Crippen molar-refractivity contribution in [2.75, 3.05) is 13.7 Å². The zero-order chi connectivity index (χ0) is 6.91. The van der Waals surface area contributed by atoms with Crippen molar-refractivity contribution in [3.63, 3.8) is 0 Å². The lowest BCUT2D eigenvalue weighted by Gasteiger charge is -2.25. The second-order valence-corrected chi connectivity index (χ2v) is 3.00. The van der Waals surface area contributed by atoms with Gasteiger partial charge in [-0.05, 0) is 25.7 Å². The van der Waals surface area contributed by atoms with E-state index >= 15 is 0 Å². The summed E-state index contributed by atoms with van der Waals surface area (Å²) in [5.74, 6) is 0.729. The second kappa shape index (κ2) is 2.27. The number of methoxy groups -OCH3 is 1. The maximum Gasteiger partial charge on any atom is 0.0800 e. The Kier molecular flexibility index (Phi) is 1.78. The van der Waals surface area contributed by atoms with E-state index in [4.69, 9.17) is 10.5 Å². The predicted octanol–water partition coefficient (Wildman–Crippen LogP) is 0.760. The van der Waals surface area contributed by atoms with Crippen LogP contribution in [0.2, 0.25) is 0 Å². The molecule has 2 heteroatoms. The van der Waals surface area contributed by atoms with Crippen molar-refractivity contribution in [2.45, 2.75) is 25.4 Å². The summed E-state index contributed by atoms with van der Waals surface area (Å²) in [6.45, 7) is 2.73. The molecule has 2 nitrogen and oxygen atoms in total. The first-order valence-corrected chi connectivity index (χ1v) is 3.48. The molecule has 0 aromatic rings. The summed E-state index contributed by atoms with van der Waals surface area (Å²) < 4.78 is 5.29. The lowest BCUT2D eigenvalue weighted by molar-refractivity contribution is -0.00511. The Morgan fingerprint density at radius 2 is 2.22 bits per heavy atom. The molecule has 0 aromatic carbocycles. The zero-order valence-corrected chi connectivity index (χ0v) is 6.18. The van der Waals surface area contributed by atoms with E-state index in [0.717, 1.165) is 5.92 Å². The van der Waals surface area contributed by atoms with Crippen molar-refractivity contribution in [1.29, 1.82) is 0 Å². The van der Waals surface area contributed by atoms with E-state index in [1.807, 2.05) is 0 Å². The first-order chi connectivity index (χ1) is 4.23. The van der Waals surface area contributed by atoms with Gasteiger partial charge in [0, 0.05) is 13.7 Å². The fraction of sp³-hybridized carbons (Fsp3) is 1.00. The van der Waals surface area contributed by atoms with Crippen LogP contribution in [-0.2, 0) is 4.74 Å². The predicted molar refractivity (Wildman–Crippen MR) is 37.2 cm³/mol. The number of ether oxygens (including phenoxy) is 1. The van der Waals surface area contributed by atoms with Crippen molar-refractivity contribution in [1.82, 2.24) is 0 Å². The largest absolute Gasteiger partial charge is 0.377 e. The molecule has 0 amide bonds. The molecule has 54 valence electrons. The van der Waals surface area contributed by atoms with Gasteiger partial charge in [0.1, 0.15) is 0 Å². The molecule has 0 aromatic heterocycles. The van der Waals surface area contributed by atoms with Gasteiger partial charge in [0.25, 0.3) is 0 Å². The normalized spacial score (nSPS) is 25.7. The molecule has 1 rings (SSSR count). The van der Waals surface area contributed by atoms with Gasteiger partial charge in [-0.1, -0.05) is 0 Å². The Bertz CT molecular complexity index is 95.1. The molecule has 1 saturated carbocycles. The number of hydrogen-bond donors (Lipinski definition) is 1. The SMILES string of the molecule is COC(C)(CN)C1CC1. The van der Waals surface area contributed by atoms with E-state index in [1.165, 1.54) is 12.8 Å². The van der Waals surface area contributed by atoms with Crippen molar-refractivity contribution in [2.24, 2.45) is 11.7 Å². The summed E-state index contributed by atoms with van der Waals surface area (Å²) in [4.78, 5) is 0. The summed E-state index contributed by atoms with van der Waals surface area (Å²) in [6.07, 6.45) is 2.59. The van der Waals surface area contributed by atoms with Crippen LogP contribution in [0.15, 0.2) is 0 Å². The van der Waals surface area contributed by atoms with Crippen molar-refractivity contribution in [3.8, 4) is 0 Å². The first kappa shape index (κ1) is 7.03. The number of nitrogens with two attached hydrogens (primary N) is 1. The van der Waals surface area contributed by atoms with Crippen LogP contribution >= 0.6 is 0 Å². The molecular weight excluding hydrogens is 114 g/mol. The van der Waals surface area contributed by atoms with Gasteiger partial charge in [0.05, 0.1) is 5.60 Å². The topological polar surface area (TPSA) is 35.2 Å². The molecule has 1 unspecified atom stereocenters. The summed E-state index contributed by atoms with van der Waals surface area (Å²) >= 11 is 0. The van der Waals surface area contributed by atoms with E-state index in [0.29, 0.717) is 6.54 Å². The molecule has 1 atom stereocenters. The maximum atomic E-state index is 5.53. The molecule has 9 heavy (non-hydrogen) atoms. The van der Waals surface area contributed by atoms with Crippen LogP contribution in [0, 0.1) is 5.92 Å². The average Bonchev–Trinajstić information content (AvgIpc) is 2.68. The zero-order valence-electron chi connectivity index (χ0n) is 6.18. The van der Waals surface area contributed by atoms with E-state index in [2.05, 4.69) is 6.92 Å². The Labute approximate surface area is 56.4 Å². The molecule has 0 heterocycles. The summed E-state index contributed by atoms with van der Waals surface area (Å²) in [5.41, 5.74) is 5.51. The fourth-order valence-corrected chi connectivity index (χ4v) is 1.11. The molecule has 1 fully saturated rings. The van der Waals surface area contributed by atoms with E-state index in [9.17, 15) is 0 Å². The molecule has 0 aliphatic heterocycles.